The van der Waals surface area contributed by atoms with Crippen LogP contribution in [0, 0.1) is 12.8 Å². The predicted octanol–water partition coefficient (Wildman–Crippen LogP) is 2.02. The van der Waals surface area contributed by atoms with E-state index in [1.807, 2.05) is 18.7 Å². The molecule has 1 amide bonds. The van der Waals surface area contributed by atoms with Gasteiger partial charge in [0.15, 0.2) is 0 Å². The quantitative estimate of drug-likeness (QED) is 0.915. The summed E-state index contributed by atoms with van der Waals surface area (Å²) in [6.07, 6.45) is 4.09. The van der Waals surface area contributed by atoms with Crippen molar-refractivity contribution >= 4 is 11.9 Å². The molecule has 1 aromatic heterocycles. The zero-order valence-electron chi connectivity index (χ0n) is 14.6. The molecule has 1 N–H and O–H groups in total. The van der Waals surface area contributed by atoms with Crippen molar-refractivity contribution in [1.29, 1.82) is 0 Å². The Balaban J connectivity index is 1.64. The number of hydrogen-bond donors (Lipinski definition) is 1. The van der Waals surface area contributed by atoms with Gasteiger partial charge in [0.2, 0.25) is 11.9 Å². The number of carbonyl (C=O) groups is 1. The Labute approximate surface area is 143 Å². The van der Waals surface area contributed by atoms with Gasteiger partial charge in [-0.1, -0.05) is 6.92 Å². The molecule has 1 saturated heterocycles. The third-order valence-electron chi connectivity index (χ3n) is 5.60. The zero-order chi connectivity index (χ0) is 16.7. The Morgan fingerprint density at radius 2 is 2.25 bits per heavy atom. The SMILES string of the molecule is CCC(=O)N1CCC2(COCc3c(C)nc(NCC4CC4)nc32)C1. The summed E-state index contributed by atoms with van der Waals surface area (Å²) in [5.74, 6) is 1.74. The molecule has 24 heavy (non-hydrogen) atoms. The monoisotopic (exact) mass is 330 g/mol. The third kappa shape index (κ3) is 2.77. The van der Waals surface area contributed by atoms with E-state index in [4.69, 9.17) is 9.72 Å². The molecule has 3 aliphatic rings. The van der Waals surface area contributed by atoms with E-state index in [0.717, 1.165) is 48.3 Å². The van der Waals surface area contributed by atoms with Crippen LogP contribution in [0.2, 0.25) is 0 Å². The molecule has 2 fully saturated rings. The highest BCUT2D eigenvalue weighted by molar-refractivity contribution is 5.76. The zero-order valence-corrected chi connectivity index (χ0v) is 14.6. The van der Waals surface area contributed by atoms with Gasteiger partial charge in [0, 0.05) is 37.3 Å². The highest BCUT2D eigenvalue weighted by atomic mass is 16.5. The number of rotatable bonds is 4. The highest BCUT2D eigenvalue weighted by Crippen LogP contribution is 2.40. The van der Waals surface area contributed by atoms with E-state index >= 15 is 0 Å². The largest absolute Gasteiger partial charge is 0.376 e. The van der Waals surface area contributed by atoms with Crippen LogP contribution in [-0.4, -0.2) is 47.0 Å². The number of nitrogens with one attached hydrogen (secondary N) is 1. The van der Waals surface area contributed by atoms with Crippen molar-refractivity contribution in [2.75, 3.05) is 31.6 Å². The van der Waals surface area contributed by atoms with Gasteiger partial charge in [-0.05, 0) is 32.1 Å². The molecule has 6 nitrogen and oxygen atoms in total. The molecule has 1 aliphatic carbocycles. The van der Waals surface area contributed by atoms with Gasteiger partial charge < -0.3 is 15.0 Å². The van der Waals surface area contributed by atoms with Crippen LogP contribution in [0.25, 0.3) is 0 Å². The lowest BCUT2D eigenvalue weighted by Crippen LogP contribution is -2.42. The molecule has 1 spiro atoms. The minimum absolute atomic E-state index is 0.165. The van der Waals surface area contributed by atoms with Gasteiger partial charge in [-0.15, -0.1) is 0 Å². The van der Waals surface area contributed by atoms with E-state index < -0.39 is 0 Å². The maximum atomic E-state index is 12.1. The lowest BCUT2D eigenvalue weighted by Gasteiger charge is -2.35. The smallest absolute Gasteiger partial charge is 0.223 e. The number of anilines is 1. The van der Waals surface area contributed by atoms with E-state index in [1.54, 1.807) is 0 Å². The maximum absolute atomic E-state index is 12.1. The van der Waals surface area contributed by atoms with Crippen molar-refractivity contribution in [3.8, 4) is 0 Å². The van der Waals surface area contributed by atoms with Crippen LogP contribution in [0.3, 0.4) is 0 Å². The molecule has 0 bridgehead atoms. The van der Waals surface area contributed by atoms with E-state index in [1.165, 1.54) is 12.8 Å². The van der Waals surface area contributed by atoms with Crippen molar-refractivity contribution in [2.45, 2.75) is 51.6 Å². The molecule has 130 valence electrons. The van der Waals surface area contributed by atoms with Gasteiger partial charge in [0.05, 0.1) is 24.3 Å². The summed E-state index contributed by atoms with van der Waals surface area (Å²) in [4.78, 5) is 23.6. The van der Waals surface area contributed by atoms with E-state index in [-0.39, 0.29) is 11.3 Å². The predicted molar refractivity (Wildman–Crippen MR) is 90.8 cm³/mol. The van der Waals surface area contributed by atoms with Crippen molar-refractivity contribution < 1.29 is 9.53 Å². The van der Waals surface area contributed by atoms with E-state index in [9.17, 15) is 4.79 Å². The van der Waals surface area contributed by atoms with Gasteiger partial charge in [0.25, 0.3) is 0 Å². The fourth-order valence-corrected chi connectivity index (χ4v) is 3.88. The first-order valence-corrected chi connectivity index (χ1v) is 9.09. The van der Waals surface area contributed by atoms with Crippen LogP contribution in [0.5, 0.6) is 0 Å². The number of carbonyl (C=O) groups excluding carboxylic acids is 1. The fourth-order valence-electron chi connectivity index (χ4n) is 3.88. The number of aryl methyl sites for hydroxylation is 1. The Hall–Kier alpha value is -1.69. The first-order valence-electron chi connectivity index (χ1n) is 9.09. The van der Waals surface area contributed by atoms with Gasteiger partial charge in [0.1, 0.15) is 0 Å². The molecule has 2 aliphatic heterocycles. The number of hydrogen-bond acceptors (Lipinski definition) is 5. The second-order valence-electron chi connectivity index (χ2n) is 7.48. The van der Waals surface area contributed by atoms with Gasteiger partial charge in [-0.25, -0.2) is 9.97 Å². The van der Waals surface area contributed by atoms with Gasteiger partial charge >= 0.3 is 0 Å². The van der Waals surface area contributed by atoms with E-state index in [0.29, 0.717) is 26.2 Å². The average molecular weight is 330 g/mol. The summed E-state index contributed by atoms with van der Waals surface area (Å²) < 4.78 is 5.89. The second kappa shape index (κ2) is 5.99. The molecule has 0 aromatic carbocycles. The average Bonchev–Trinajstić information content (AvgIpc) is 3.33. The number of nitrogens with zero attached hydrogens (tertiary/aromatic N) is 3. The molecule has 1 saturated carbocycles. The lowest BCUT2D eigenvalue weighted by molar-refractivity contribution is -0.130. The summed E-state index contributed by atoms with van der Waals surface area (Å²) in [6, 6.07) is 0. The van der Waals surface area contributed by atoms with Crippen molar-refractivity contribution in [2.24, 2.45) is 5.92 Å². The van der Waals surface area contributed by atoms with Crippen LogP contribution in [0.15, 0.2) is 0 Å². The van der Waals surface area contributed by atoms with E-state index in [2.05, 4.69) is 10.3 Å². The van der Waals surface area contributed by atoms with Crippen LogP contribution < -0.4 is 5.32 Å². The number of likely N-dealkylation sites (tertiary alicyclic amines) is 1. The van der Waals surface area contributed by atoms with Crippen LogP contribution in [0.1, 0.15) is 49.6 Å². The van der Waals surface area contributed by atoms with Crippen molar-refractivity contribution in [3.05, 3.63) is 17.0 Å². The summed E-state index contributed by atoms with van der Waals surface area (Å²) in [5, 5.41) is 3.41. The molecule has 1 unspecified atom stereocenters. The standard InChI is InChI=1S/C18H26N4O2/c1-3-15(23)22-7-6-18(10-22)11-24-9-14-12(2)20-17(21-16(14)18)19-8-13-4-5-13/h13H,3-11H2,1-2H3,(H,19,20,21). The Bertz CT molecular complexity index is 659. The molecule has 4 rings (SSSR count). The highest BCUT2D eigenvalue weighted by Gasteiger charge is 2.46. The maximum Gasteiger partial charge on any atom is 0.223 e. The number of fused-ring (bicyclic) bond motifs is 2. The Morgan fingerprint density at radius 3 is 3.00 bits per heavy atom. The fraction of sp³-hybridized carbons (Fsp3) is 0.722. The molecule has 6 heteroatoms. The topological polar surface area (TPSA) is 67.4 Å². The molecular formula is C18H26N4O2. The Morgan fingerprint density at radius 1 is 1.42 bits per heavy atom. The number of aromatic nitrogens is 2. The first kappa shape index (κ1) is 15.8. The minimum atomic E-state index is -0.165. The van der Waals surface area contributed by atoms with Gasteiger partial charge in [-0.2, -0.15) is 0 Å². The van der Waals surface area contributed by atoms with Crippen LogP contribution in [-0.2, 0) is 21.6 Å². The van der Waals surface area contributed by atoms with Crippen molar-refractivity contribution in [1.82, 2.24) is 14.9 Å². The number of amides is 1. The van der Waals surface area contributed by atoms with Crippen LogP contribution >= 0.6 is 0 Å². The molecule has 0 radical (unpaired) electrons. The molecular weight excluding hydrogens is 304 g/mol. The Kier molecular flexibility index (Phi) is 3.95. The third-order valence-corrected chi connectivity index (χ3v) is 5.60. The summed E-state index contributed by atoms with van der Waals surface area (Å²) >= 11 is 0. The number of ether oxygens (including phenoxy) is 1. The molecule has 1 atom stereocenters. The minimum Gasteiger partial charge on any atom is -0.376 e. The second-order valence-corrected chi connectivity index (χ2v) is 7.48. The summed E-state index contributed by atoms with van der Waals surface area (Å²) in [5.41, 5.74) is 3.05. The normalized spacial score (nSPS) is 25.8. The van der Waals surface area contributed by atoms with Gasteiger partial charge in [-0.3, -0.25) is 4.79 Å². The first-order chi connectivity index (χ1) is 11.6. The van der Waals surface area contributed by atoms with Crippen molar-refractivity contribution in [3.63, 3.8) is 0 Å². The molecule has 1 aromatic rings. The summed E-state index contributed by atoms with van der Waals surface area (Å²) in [7, 11) is 0. The van der Waals surface area contributed by atoms with Crippen LogP contribution in [0.4, 0.5) is 5.95 Å². The summed E-state index contributed by atoms with van der Waals surface area (Å²) in [6.45, 7) is 7.65. The molecule has 3 heterocycles. The lowest BCUT2D eigenvalue weighted by atomic mass is 9.80.